The van der Waals surface area contributed by atoms with Gasteiger partial charge in [-0.1, -0.05) is 59.7 Å². The Hall–Kier alpha value is -3.40. The summed E-state index contributed by atoms with van der Waals surface area (Å²) < 4.78 is 0. The van der Waals surface area contributed by atoms with Crippen LogP contribution >= 0.6 is 0 Å². The van der Waals surface area contributed by atoms with Crippen molar-refractivity contribution in [2.75, 3.05) is 0 Å². The van der Waals surface area contributed by atoms with Crippen molar-refractivity contribution in [2.24, 2.45) is 0 Å². The van der Waals surface area contributed by atoms with Crippen molar-refractivity contribution in [2.45, 2.75) is 13.8 Å². The molecule has 0 bridgehead atoms. The molecule has 0 aliphatic carbocycles. The second kappa shape index (κ2) is 6.84. The normalized spacial score (nSPS) is 10.5. The predicted molar refractivity (Wildman–Crippen MR) is 101 cm³/mol. The van der Waals surface area contributed by atoms with Crippen LogP contribution in [0.1, 0.15) is 31.8 Å². The van der Waals surface area contributed by atoms with Gasteiger partial charge in [-0.05, 0) is 48.2 Å². The molecule has 0 saturated heterocycles. The van der Waals surface area contributed by atoms with Gasteiger partial charge in [0.1, 0.15) is 0 Å². The van der Waals surface area contributed by atoms with Crippen molar-refractivity contribution in [3.8, 4) is 22.3 Å². The summed E-state index contributed by atoms with van der Waals surface area (Å²) in [5, 5.41) is 19.2. The Morgan fingerprint density at radius 2 is 0.962 bits per heavy atom. The van der Waals surface area contributed by atoms with Crippen LogP contribution in [0.4, 0.5) is 0 Å². The molecule has 0 atom stereocenters. The molecule has 0 radical (unpaired) electrons. The lowest BCUT2D eigenvalue weighted by Gasteiger charge is -2.14. The zero-order valence-corrected chi connectivity index (χ0v) is 14.5. The summed E-state index contributed by atoms with van der Waals surface area (Å²) in [6.45, 7) is 3.90. The third-order valence-electron chi connectivity index (χ3n) is 4.34. The van der Waals surface area contributed by atoms with Crippen molar-refractivity contribution >= 4 is 11.9 Å². The number of hydrogen-bond acceptors (Lipinski definition) is 2. The topological polar surface area (TPSA) is 74.6 Å². The van der Waals surface area contributed by atoms with Crippen LogP contribution < -0.4 is 0 Å². The van der Waals surface area contributed by atoms with Crippen molar-refractivity contribution < 1.29 is 19.8 Å². The van der Waals surface area contributed by atoms with Crippen LogP contribution in [-0.4, -0.2) is 22.2 Å². The van der Waals surface area contributed by atoms with E-state index in [1.165, 1.54) is 6.07 Å². The lowest BCUT2D eigenvalue weighted by atomic mass is 9.90. The van der Waals surface area contributed by atoms with Gasteiger partial charge in [-0.25, -0.2) is 9.59 Å². The van der Waals surface area contributed by atoms with Crippen molar-refractivity contribution in [3.63, 3.8) is 0 Å². The number of aryl methyl sites for hydroxylation is 2. The smallest absolute Gasteiger partial charge is 0.336 e. The Labute approximate surface area is 151 Å². The van der Waals surface area contributed by atoms with Gasteiger partial charge in [-0.3, -0.25) is 0 Å². The molecule has 3 aromatic carbocycles. The second-order valence-electron chi connectivity index (χ2n) is 6.29. The van der Waals surface area contributed by atoms with E-state index in [1.807, 2.05) is 62.4 Å². The first-order valence-corrected chi connectivity index (χ1v) is 8.15. The molecule has 0 aliphatic heterocycles. The average molecular weight is 346 g/mol. The highest BCUT2D eigenvalue weighted by molar-refractivity contribution is 6.04. The fraction of sp³-hybridized carbons (Fsp3) is 0.0909. The monoisotopic (exact) mass is 346 g/mol. The molecule has 2 N–H and O–H groups in total. The number of benzene rings is 3. The number of hydrogen-bond donors (Lipinski definition) is 2. The zero-order valence-electron chi connectivity index (χ0n) is 14.5. The highest BCUT2D eigenvalue weighted by Crippen LogP contribution is 2.33. The highest BCUT2D eigenvalue weighted by atomic mass is 16.4. The van der Waals surface area contributed by atoms with Gasteiger partial charge >= 0.3 is 11.9 Å². The maximum atomic E-state index is 11.7. The summed E-state index contributed by atoms with van der Waals surface area (Å²) in [6, 6.07) is 17.9. The van der Waals surface area contributed by atoms with E-state index in [9.17, 15) is 19.8 Å². The Morgan fingerprint density at radius 1 is 0.615 bits per heavy atom. The largest absolute Gasteiger partial charge is 0.478 e. The fourth-order valence-electron chi connectivity index (χ4n) is 2.90. The standard InChI is InChI=1S/C22H18O4/c1-13-3-7-15(8-4-13)17-11-18(16-9-5-14(2)6-10-16)20(22(25)26)12-19(17)21(23)24/h3-12H,1-2H3,(H,23,24)(H,25,26). The van der Waals surface area contributed by atoms with E-state index in [-0.39, 0.29) is 11.1 Å². The lowest BCUT2D eigenvalue weighted by Crippen LogP contribution is -2.07. The van der Waals surface area contributed by atoms with Crippen LogP contribution in [0, 0.1) is 13.8 Å². The molecule has 4 heteroatoms. The van der Waals surface area contributed by atoms with E-state index in [4.69, 9.17) is 0 Å². The zero-order chi connectivity index (χ0) is 18.8. The van der Waals surface area contributed by atoms with Crippen LogP contribution in [-0.2, 0) is 0 Å². The molecule has 3 rings (SSSR count). The fourth-order valence-corrected chi connectivity index (χ4v) is 2.90. The summed E-state index contributed by atoms with van der Waals surface area (Å²) in [6.07, 6.45) is 0. The van der Waals surface area contributed by atoms with E-state index in [0.29, 0.717) is 11.1 Å². The number of rotatable bonds is 4. The molecule has 4 nitrogen and oxygen atoms in total. The Kier molecular flexibility index (Phi) is 4.59. The van der Waals surface area contributed by atoms with Gasteiger partial charge in [0.05, 0.1) is 11.1 Å². The Bertz CT molecular complexity index is 905. The number of carbonyl (C=O) groups is 2. The van der Waals surface area contributed by atoms with Gasteiger partial charge in [0.15, 0.2) is 0 Å². The number of carboxylic acids is 2. The van der Waals surface area contributed by atoms with Crippen molar-refractivity contribution in [1.82, 2.24) is 0 Å². The minimum Gasteiger partial charge on any atom is -0.478 e. The summed E-state index contributed by atoms with van der Waals surface area (Å²) in [5.41, 5.74) is 4.54. The third kappa shape index (κ3) is 3.35. The van der Waals surface area contributed by atoms with E-state index in [2.05, 4.69) is 0 Å². The molecule has 130 valence electrons. The maximum Gasteiger partial charge on any atom is 0.336 e. The van der Waals surface area contributed by atoms with Gasteiger partial charge < -0.3 is 10.2 Å². The first kappa shape index (κ1) is 17.4. The third-order valence-corrected chi connectivity index (χ3v) is 4.34. The minimum atomic E-state index is -1.15. The van der Waals surface area contributed by atoms with Gasteiger partial charge in [-0.2, -0.15) is 0 Å². The first-order chi connectivity index (χ1) is 12.4. The molecule has 0 saturated carbocycles. The van der Waals surface area contributed by atoms with E-state index >= 15 is 0 Å². The molecule has 0 fully saturated rings. The summed E-state index contributed by atoms with van der Waals surface area (Å²) in [5.74, 6) is -2.31. The van der Waals surface area contributed by atoms with Crippen molar-refractivity contribution in [3.05, 3.63) is 82.9 Å². The van der Waals surface area contributed by atoms with Crippen molar-refractivity contribution in [1.29, 1.82) is 0 Å². The summed E-state index contributed by atoms with van der Waals surface area (Å²) in [7, 11) is 0. The summed E-state index contributed by atoms with van der Waals surface area (Å²) >= 11 is 0. The van der Waals surface area contributed by atoms with Gasteiger partial charge in [0.2, 0.25) is 0 Å². The summed E-state index contributed by atoms with van der Waals surface area (Å²) in [4.78, 5) is 23.5. The SMILES string of the molecule is Cc1ccc(-c2cc(-c3ccc(C)cc3)c(C(=O)O)cc2C(=O)O)cc1. The molecule has 0 unspecified atom stereocenters. The minimum absolute atomic E-state index is 0.0258. The number of carboxylic acid groups (broad SMARTS) is 2. The molecule has 0 spiro atoms. The van der Waals surface area contributed by atoms with Crippen LogP contribution in [0.3, 0.4) is 0 Å². The molecule has 3 aromatic rings. The van der Waals surface area contributed by atoms with Gasteiger partial charge in [-0.15, -0.1) is 0 Å². The second-order valence-corrected chi connectivity index (χ2v) is 6.29. The molecule has 0 aliphatic rings. The average Bonchev–Trinajstić information content (AvgIpc) is 2.62. The van der Waals surface area contributed by atoms with E-state index in [0.717, 1.165) is 22.3 Å². The van der Waals surface area contributed by atoms with E-state index in [1.54, 1.807) is 6.07 Å². The molecule has 0 heterocycles. The first-order valence-electron chi connectivity index (χ1n) is 8.15. The highest BCUT2D eigenvalue weighted by Gasteiger charge is 2.20. The van der Waals surface area contributed by atoms with E-state index < -0.39 is 11.9 Å². The number of aromatic carboxylic acids is 2. The molecular weight excluding hydrogens is 328 g/mol. The van der Waals surface area contributed by atoms with Gasteiger partial charge in [0, 0.05) is 0 Å². The lowest BCUT2D eigenvalue weighted by molar-refractivity contribution is 0.0696. The molecule has 26 heavy (non-hydrogen) atoms. The van der Waals surface area contributed by atoms with Crippen LogP contribution in [0.5, 0.6) is 0 Å². The van der Waals surface area contributed by atoms with Gasteiger partial charge in [0.25, 0.3) is 0 Å². The molecular formula is C22H18O4. The van der Waals surface area contributed by atoms with Crippen LogP contribution in [0.25, 0.3) is 22.3 Å². The quantitative estimate of drug-likeness (QED) is 0.694. The molecule has 0 amide bonds. The van der Waals surface area contributed by atoms with Crippen LogP contribution in [0.15, 0.2) is 60.7 Å². The Morgan fingerprint density at radius 3 is 1.27 bits per heavy atom. The molecule has 0 aromatic heterocycles. The Balaban J connectivity index is 2.31. The maximum absolute atomic E-state index is 11.7. The van der Waals surface area contributed by atoms with Crippen LogP contribution in [0.2, 0.25) is 0 Å². The predicted octanol–water partition coefficient (Wildman–Crippen LogP) is 5.03.